The second kappa shape index (κ2) is 4.08. The Morgan fingerprint density at radius 1 is 1.28 bits per heavy atom. The van der Waals surface area contributed by atoms with Crippen molar-refractivity contribution in [2.75, 3.05) is 13.1 Å². The summed E-state index contributed by atoms with van der Waals surface area (Å²) in [6.07, 6.45) is 1.72. The van der Waals surface area contributed by atoms with Crippen LogP contribution in [0.1, 0.15) is 10.5 Å². The van der Waals surface area contributed by atoms with E-state index in [1.165, 1.54) is 4.90 Å². The summed E-state index contributed by atoms with van der Waals surface area (Å²) in [5.41, 5.74) is 1.02. The number of hydrogen-bond donors (Lipinski definition) is 2. The Morgan fingerprint density at radius 3 is 2.67 bits per heavy atom. The van der Waals surface area contributed by atoms with Crippen LogP contribution in [0, 0.1) is 0 Å². The fourth-order valence-corrected chi connectivity index (χ4v) is 2.14. The van der Waals surface area contributed by atoms with Crippen LogP contribution in [0.3, 0.4) is 0 Å². The van der Waals surface area contributed by atoms with E-state index < -0.39 is 12.2 Å². The molecule has 2 aromatic rings. The van der Waals surface area contributed by atoms with Crippen molar-refractivity contribution >= 4 is 11.6 Å². The van der Waals surface area contributed by atoms with E-state index in [1.54, 1.807) is 10.6 Å². The molecule has 6 nitrogen and oxygen atoms in total. The zero-order chi connectivity index (χ0) is 12.7. The second-order valence-corrected chi connectivity index (χ2v) is 4.44. The van der Waals surface area contributed by atoms with Gasteiger partial charge in [-0.1, -0.05) is 6.07 Å². The first-order valence-corrected chi connectivity index (χ1v) is 5.74. The average Bonchev–Trinajstić information content (AvgIpc) is 2.93. The van der Waals surface area contributed by atoms with Crippen LogP contribution in [0.5, 0.6) is 0 Å². The number of aliphatic hydroxyl groups excluding tert-OH is 2. The van der Waals surface area contributed by atoms with E-state index in [2.05, 4.69) is 4.98 Å². The van der Waals surface area contributed by atoms with Gasteiger partial charge in [0, 0.05) is 25.5 Å². The molecule has 2 N–H and O–H groups in total. The van der Waals surface area contributed by atoms with Crippen molar-refractivity contribution in [1.82, 2.24) is 14.3 Å². The van der Waals surface area contributed by atoms with Crippen LogP contribution in [0.4, 0.5) is 0 Å². The molecule has 18 heavy (non-hydrogen) atoms. The highest BCUT2D eigenvalue weighted by molar-refractivity contribution is 5.93. The lowest BCUT2D eigenvalue weighted by Crippen LogP contribution is -2.30. The van der Waals surface area contributed by atoms with Gasteiger partial charge in [0.05, 0.1) is 12.2 Å². The van der Waals surface area contributed by atoms with E-state index in [0.717, 1.165) is 0 Å². The highest BCUT2D eigenvalue weighted by Crippen LogP contribution is 2.14. The number of amides is 1. The summed E-state index contributed by atoms with van der Waals surface area (Å²) in [4.78, 5) is 17.8. The van der Waals surface area contributed by atoms with Gasteiger partial charge >= 0.3 is 0 Å². The Kier molecular flexibility index (Phi) is 2.53. The Morgan fingerprint density at radius 2 is 2.00 bits per heavy atom. The minimum Gasteiger partial charge on any atom is -0.388 e. The molecule has 94 valence electrons. The number of carbonyl (C=O) groups is 1. The molecule has 3 rings (SSSR count). The van der Waals surface area contributed by atoms with Crippen LogP contribution in [-0.2, 0) is 0 Å². The van der Waals surface area contributed by atoms with Crippen molar-refractivity contribution in [1.29, 1.82) is 0 Å². The summed E-state index contributed by atoms with van der Waals surface area (Å²) in [6.45, 7) is 0.293. The standard InChI is InChI=1S/C12H13N3O3/c16-9-6-15(7-10(9)17)12(18)8-5-14-4-2-1-3-11(14)13-8/h1-5,9-10,16-17H,6-7H2/t9-,10+. The van der Waals surface area contributed by atoms with Gasteiger partial charge in [0.15, 0.2) is 0 Å². The van der Waals surface area contributed by atoms with Gasteiger partial charge in [-0.05, 0) is 12.1 Å². The molecule has 0 unspecified atom stereocenters. The van der Waals surface area contributed by atoms with Crippen molar-refractivity contribution in [3.63, 3.8) is 0 Å². The number of fused-ring (bicyclic) bond motifs is 1. The Bertz CT molecular complexity index is 552. The largest absolute Gasteiger partial charge is 0.388 e. The van der Waals surface area contributed by atoms with Gasteiger partial charge in [-0.3, -0.25) is 4.79 Å². The SMILES string of the molecule is O=C(c1cn2ccccc2n1)N1C[C@@H](O)[C@@H](O)C1. The monoisotopic (exact) mass is 247 g/mol. The van der Waals surface area contributed by atoms with Gasteiger partial charge in [-0.25, -0.2) is 4.98 Å². The number of hydrogen-bond acceptors (Lipinski definition) is 4. The molecule has 1 aliphatic rings. The number of aromatic nitrogens is 2. The molecule has 1 aliphatic heterocycles. The quantitative estimate of drug-likeness (QED) is 0.713. The highest BCUT2D eigenvalue weighted by atomic mass is 16.3. The first-order chi connectivity index (χ1) is 8.65. The lowest BCUT2D eigenvalue weighted by Gasteiger charge is -2.12. The molecule has 3 heterocycles. The number of imidazole rings is 1. The Balaban J connectivity index is 1.88. The fraction of sp³-hybridized carbons (Fsp3) is 0.333. The summed E-state index contributed by atoms with van der Waals surface area (Å²) in [6, 6.07) is 5.51. The summed E-state index contributed by atoms with van der Waals surface area (Å²) in [5, 5.41) is 18.9. The fourth-order valence-electron chi connectivity index (χ4n) is 2.14. The molecule has 0 bridgehead atoms. The summed E-state index contributed by atoms with van der Waals surface area (Å²) in [5.74, 6) is -0.269. The third-order valence-electron chi connectivity index (χ3n) is 3.13. The summed E-state index contributed by atoms with van der Waals surface area (Å²) >= 11 is 0. The smallest absolute Gasteiger partial charge is 0.274 e. The normalized spacial score (nSPS) is 23.8. The lowest BCUT2D eigenvalue weighted by atomic mass is 10.3. The zero-order valence-corrected chi connectivity index (χ0v) is 9.60. The molecule has 2 aromatic heterocycles. The molecule has 0 aliphatic carbocycles. The molecular weight excluding hydrogens is 234 g/mol. The van der Waals surface area contributed by atoms with E-state index >= 15 is 0 Å². The van der Waals surface area contributed by atoms with Gasteiger partial charge in [-0.15, -0.1) is 0 Å². The van der Waals surface area contributed by atoms with Crippen LogP contribution < -0.4 is 0 Å². The first-order valence-electron chi connectivity index (χ1n) is 5.74. The minimum absolute atomic E-state index is 0.147. The number of aliphatic hydroxyl groups is 2. The van der Waals surface area contributed by atoms with Gasteiger partial charge < -0.3 is 19.5 Å². The van der Waals surface area contributed by atoms with E-state index in [-0.39, 0.29) is 19.0 Å². The number of carbonyl (C=O) groups excluding carboxylic acids is 1. The molecular formula is C12H13N3O3. The van der Waals surface area contributed by atoms with Gasteiger partial charge in [0.2, 0.25) is 0 Å². The third-order valence-corrected chi connectivity index (χ3v) is 3.13. The van der Waals surface area contributed by atoms with Crippen molar-refractivity contribution in [3.05, 3.63) is 36.3 Å². The van der Waals surface area contributed by atoms with E-state index in [9.17, 15) is 15.0 Å². The minimum atomic E-state index is -0.869. The Labute approximate surface area is 103 Å². The molecule has 2 atom stereocenters. The van der Waals surface area contributed by atoms with Crippen LogP contribution in [0.2, 0.25) is 0 Å². The van der Waals surface area contributed by atoms with Gasteiger partial charge in [0.1, 0.15) is 11.3 Å². The molecule has 1 saturated heterocycles. The van der Waals surface area contributed by atoms with Crippen molar-refractivity contribution in [2.24, 2.45) is 0 Å². The van der Waals surface area contributed by atoms with Crippen LogP contribution >= 0.6 is 0 Å². The number of pyridine rings is 1. The molecule has 0 saturated carbocycles. The first kappa shape index (κ1) is 11.2. The lowest BCUT2D eigenvalue weighted by molar-refractivity contribution is 0.0572. The third kappa shape index (κ3) is 1.75. The molecule has 6 heteroatoms. The Hall–Kier alpha value is -1.92. The molecule has 0 spiro atoms. The van der Waals surface area contributed by atoms with E-state index in [0.29, 0.717) is 11.3 Å². The number of rotatable bonds is 1. The number of nitrogens with zero attached hydrogens (tertiary/aromatic N) is 3. The maximum Gasteiger partial charge on any atom is 0.274 e. The maximum absolute atomic E-state index is 12.1. The van der Waals surface area contributed by atoms with Crippen LogP contribution in [-0.4, -0.2) is 55.7 Å². The second-order valence-electron chi connectivity index (χ2n) is 4.44. The van der Waals surface area contributed by atoms with E-state index in [1.807, 2.05) is 24.4 Å². The number of likely N-dealkylation sites (tertiary alicyclic amines) is 1. The predicted octanol–water partition coefficient (Wildman–Crippen LogP) is -0.488. The molecule has 0 aromatic carbocycles. The molecule has 0 radical (unpaired) electrons. The van der Waals surface area contributed by atoms with Crippen molar-refractivity contribution in [3.8, 4) is 0 Å². The number of β-amino-alcohol motifs (C(OH)–C–C–N with tert-alkyl or cyclic N) is 2. The predicted molar refractivity (Wildman–Crippen MR) is 63.1 cm³/mol. The molecule has 1 amide bonds. The van der Waals surface area contributed by atoms with Crippen LogP contribution in [0.25, 0.3) is 5.65 Å². The summed E-state index contributed by atoms with van der Waals surface area (Å²) in [7, 11) is 0. The maximum atomic E-state index is 12.1. The summed E-state index contributed by atoms with van der Waals surface area (Å²) < 4.78 is 1.76. The topological polar surface area (TPSA) is 78.1 Å². The highest BCUT2D eigenvalue weighted by Gasteiger charge is 2.33. The van der Waals surface area contributed by atoms with E-state index in [4.69, 9.17) is 0 Å². The van der Waals surface area contributed by atoms with Crippen LogP contribution in [0.15, 0.2) is 30.6 Å². The van der Waals surface area contributed by atoms with Crippen molar-refractivity contribution < 1.29 is 15.0 Å². The zero-order valence-electron chi connectivity index (χ0n) is 9.60. The van der Waals surface area contributed by atoms with Gasteiger partial charge in [0.25, 0.3) is 5.91 Å². The van der Waals surface area contributed by atoms with Crippen molar-refractivity contribution in [2.45, 2.75) is 12.2 Å². The molecule has 1 fully saturated rings. The average molecular weight is 247 g/mol. The van der Waals surface area contributed by atoms with Gasteiger partial charge in [-0.2, -0.15) is 0 Å².